The fourth-order valence-corrected chi connectivity index (χ4v) is 3.93. The molecule has 3 aromatic rings. The Hall–Kier alpha value is -2.60. The third-order valence-corrected chi connectivity index (χ3v) is 5.48. The minimum absolute atomic E-state index is 0.00891. The predicted octanol–water partition coefficient (Wildman–Crippen LogP) is 4.97. The van der Waals surface area contributed by atoms with Gasteiger partial charge in [-0.1, -0.05) is 12.1 Å². The molecular weight excluding hydrogens is 360 g/mol. The number of methoxy groups -OCH3 is 2. The summed E-state index contributed by atoms with van der Waals surface area (Å²) in [4.78, 5) is 16.9. The van der Waals surface area contributed by atoms with Crippen molar-refractivity contribution in [3.8, 4) is 11.5 Å². The van der Waals surface area contributed by atoms with Crippen LogP contribution >= 0.6 is 11.3 Å². The van der Waals surface area contributed by atoms with E-state index in [1.165, 1.54) is 4.70 Å². The molecule has 142 valence electrons. The number of aromatic nitrogens is 1. The van der Waals surface area contributed by atoms with Gasteiger partial charge in [0.1, 0.15) is 0 Å². The van der Waals surface area contributed by atoms with Crippen molar-refractivity contribution < 1.29 is 14.3 Å². The largest absolute Gasteiger partial charge is 0.493 e. The zero-order valence-corrected chi connectivity index (χ0v) is 16.7. The number of ether oxygens (including phenoxy) is 2. The average Bonchev–Trinajstić information content (AvgIpc) is 3.09. The van der Waals surface area contributed by atoms with Gasteiger partial charge in [-0.05, 0) is 49.9 Å². The number of hydrogen-bond donors (Lipinski definition) is 1. The van der Waals surface area contributed by atoms with Crippen LogP contribution in [0.15, 0.2) is 36.4 Å². The maximum absolute atomic E-state index is 12.3. The summed E-state index contributed by atoms with van der Waals surface area (Å²) in [5.74, 6) is 1.27. The maximum Gasteiger partial charge on any atom is 0.224 e. The molecule has 0 aliphatic carbocycles. The first-order valence-corrected chi connectivity index (χ1v) is 9.79. The molecule has 0 saturated carbocycles. The molecule has 1 N–H and O–H groups in total. The first-order chi connectivity index (χ1) is 13.1. The molecule has 0 radical (unpaired) electrons. The van der Waals surface area contributed by atoms with Gasteiger partial charge in [-0.2, -0.15) is 0 Å². The molecule has 5 nitrogen and oxygen atoms in total. The minimum atomic E-state index is 0.00891. The molecule has 0 spiro atoms. The number of rotatable bonds is 8. The number of hydrogen-bond acceptors (Lipinski definition) is 5. The normalized spacial score (nSPS) is 10.8. The van der Waals surface area contributed by atoms with Gasteiger partial charge < -0.3 is 14.8 Å². The summed E-state index contributed by atoms with van der Waals surface area (Å²) >= 11 is 1.73. The van der Waals surface area contributed by atoms with Gasteiger partial charge in [0.05, 0.1) is 29.4 Å². The predicted molar refractivity (Wildman–Crippen MR) is 110 cm³/mol. The van der Waals surface area contributed by atoms with E-state index in [0.29, 0.717) is 17.9 Å². The number of fused-ring (bicyclic) bond motifs is 1. The number of amides is 1. The molecule has 0 saturated heterocycles. The Bertz CT molecular complexity index is 903. The smallest absolute Gasteiger partial charge is 0.224 e. The maximum atomic E-state index is 12.3. The molecule has 0 atom stereocenters. The lowest BCUT2D eigenvalue weighted by Crippen LogP contribution is -2.12. The topological polar surface area (TPSA) is 60.5 Å². The molecule has 0 unspecified atom stereocenters. The van der Waals surface area contributed by atoms with Gasteiger partial charge in [-0.15, -0.1) is 11.3 Å². The minimum Gasteiger partial charge on any atom is -0.493 e. The van der Waals surface area contributed by atoms with Crippen molar-refractivity contribution in [2.24, 2.45) is 0 Å². The Labute approximate surface area is 163 Å². The SMILES string of the molecule is COc1cc(C)c(NC(=O)CCCCc2nc3ccccc3s2)cc1OC. The van der Waals surface area contributed by atoms with Gasteiger partial charge in [0.25, 0.3) is 0 Å². The number of para-hydroxylation sites is 1. The summed E-state index contributed by atoms with van der Waals surface area (Å²) < 4.78 is 11.8. The lowest BCUT2D eigenvalue weighted by molar-refractivity contribution is -0.116. The van der Waals surface area contributed by atoms with Crippen LogP contribution in [0.4, 0.5) is 5.69 Å². The summed E-state index contributed by atoms with van der Waals surface area (Å²) in [6.45, 7) is 1.94. The fourth-order valence-electron chi connectivity index (χ4n) is 2.92. The van der Waals surface area contributed by atoms with Crippen molar-refractivity contribution in [3.05, 3.63) is 47.0 Å². The number of carbonyl (C=O) groups excluding carboxylic acids is 1. The van der Waals surface area contributed by atoms with Gasteiger partial charge in [0, 0.05) is 18.2 Å². The highest BCUT2D eigenvalue weighted by Gasteiger charge is 2.11. The molecule has 0 bridgehead atoms. The van der Waals surface area contributed by atoms with Gasteiger partial charge in [-0.3, -0.25) is 4.79 Å². The summed E-state index contributed by atoms with van der Waals surface area (Å²) in [6, 6.07) is 11.8. The van der Waals surface area contributed by atoms with Gasteiger partial charge in [0.2, 0.25) is 5.91 Å². The van der Waals surface area contributed by atoms with Crippen molar-refractivity contribution in [2.45, 2.75) is 32.6 Å². The molecule has 1 aromatic heterocycles. The summed E-state index contributed by atoms with van der Waals surface area (Å²) in [6.07, 6.45) is 3.16. The molecule has 2 aromatic carbocycles. The van der Waals surface area contributed by atoms with E-state index in [-0.39, 0.29) is 5.91 Å². The number of benzene rings is 2. The number of nitrogens with one attached hydrogen (secondary N) is 1. The van der Waals surface area contributed by atoms with Crippen LogP contribution in [0, 0.1) is 6.92 Å². The summed E-state index contributed by atoms with van der Waals surface area (Å²) in [5.41, 5.74) is 2.75. The Morgan fingerprint density at radius 1 is 1.11 bits per heavy atom. The molecule has 6 heteroatoms. The highest BCUT2D eigenvalue weighted by Crippen LogP contribution is 2.33. The van der Waals surface area contributed by atoms with E-state index in [1.807, 2.05) is 31.2 Å². The lowest BCUT2D eigenvalue weighted by Gasteiger charge is -2.13. The number of carbonyl (C=O) groups is 1. The number of nitrogens with zero attached hydrogens (tertiary/aromatic N) is 1. The van der Waals surface area contributed by atoms with E-state index in [4.69, 9.17) is 9.47 Å². The van der Waals surface area contributed by atoms with Gasteiger partial charge >= 0.3 is 0 Å². The van der Waals surface area contributed by atoms with Crippen molar-refractivity contribution >= 4 is 33.1 Å². The Balaban J connectivity index is 1.49. The van der Waals surface area contributed by atoms with Crippen molar-refractivity contribution in [3.63, 3.8) is 0 Å². The number of aryl methyl sites for hydroxylation is 2. The second-order valence-electron chi connectivity index (χ2n) is 6.35. The fraction of sp³-hybridized carbons (Fsp3) is 0.333. The Morgan fingerprint density at radius 3 is 2.59 bits per heavy atom. The third-order valence-electron chi connectivity index (χ3n) is 4.39. The van der Waals surface area contributed by atoms with Crippen LogP contribution in [0.3, 0.4) is 0 Å². The highest BCUT2D eigenvalue weighted by molar-refractivity contribution is 7.18. The van der Waals surface area contributed by atoms with Crippen LogP contribution in [0.25, 0.3) is 10.2 Å². The van der Waals surface area contributed by atoms with E-state index < -0.39 is 0 Å². The van der Waals surface area contributed by atoms with Gasteiger partial charge in [0.15, 0.2) is 11.5 Å². The highest BCUT2D eigenvalue weighted by atomic mass is 32.1. The quantitative estimate of drug-likeness (QED) is 0.557. The van der Waals surface area contributed by atoms with E-state index in [0.717, 1.165) is 41.0 Å². The van der Waals surface area contributed by atoms with E-state index in [2.05, 4.69) is 16.4 Å². The van der Waals surface area contributed by atoms with Crippen molar-refractivity contribution in [2.75, 3.05) is 19.5 Å². The van der Waals surface area contributed by atoms with Crippen LogP contribution in [-0.2, 0) is 11.2 Å². The number of unbranched alkanes of at least 4 members (excludes halogenated alkanes) is 1. The molecule has 27 heavy (non-hydrogen) atoms. The first-order valence-electron chi connectivity index (χ1n) is 8.97. The summed E-state index contributed by atoms with van der Waals surface area (Å²) in [7, 11) is 3.18. The van der Waals surface area contributed by atoms with E-state index in [9.17, 15) is 4.79 Å². The second kappa shape index (κ2) is 8.86. The molecule has 1 amide bonds. The molecule has 1 heterocycles. The van der Waals surface area contributed by atoms with Crippen LogP contribution < -0.4 is 14.8 Å². The van der Waals surface area contributed by atoms with Gasteiger partial charge in [-0.25, -0.2) is 4.98 Å². The van der Waals surface area contributed by atoms with Crippen LogP contribution in [0.5, 0.6) is 11.5 Å². The van der Waals surface area contributed by atoms with E-state index in [1.54, 1.807) is 31.6 Å². The Kier molecular flexibility index (Phi) is 6.29. The van der Waals surface area contributed by atoms with Crippen molar-refractivity contribution in [1.29, 1.82) is 0 Å². The van der Waals surface area contributed by atoms with Crippen LogP contribution in [0.2, 0.25) is 0 Å². The first kappa shape index (κ1) is 19.2. The molecule has 0 aliphatic rings. The van der Waals surface area contributed by atoms with Crippen LogP contribution in [0.1, 0.15) is 29.8 Å². The average molecular weight is 385 g/mol. The zero-order valence-electron chi connectivity index (χ0n) is 15.9. The second-order valence-corrected chi connectivity index (χ2v) is 7.47. The number of anilines is 1. The monoisotopic (exact) mass is 384 g/mol. The number of thiazole rings is 1. The zero-order chi connectivity index (χ0) is 19.2. The molecule has 0 fully saturated rings. The van der Waals surface area contributed by atoms with Crippen molar-refractivity contribution in [1.82, 2.24) is 4.98 Å². The third kappa shape index (κ3) is 4.77. The molecular formula is C21H24N2O3S. The van der Waals surface area contributed by atoms with E-state index >= 15 is 0 Å². The molecule has 0 aliphatic heterocycles. The Morgan fingerprint density at radius 2 is 1.85 bits per heavy atom. The molecule has 3 rings (SSSR count). The summed E-state index contributed by atoms with van der Waals surface area (Å²) in [5, 5.41) is 4.10. The van der Waals surface area contributed by atoms with Crippen LogP contribution in [-0.4, -0.2) is 25.1 Å². The lowest BCUT2D eigenvalue weighted by atomic mass is 10.1. The standard InChI is InChI=1S/C21H24N2O3S/c1-14-12-17(25-2)18(26-3)13-16(14)22-20(24)10-6-7-11-21-23-15-8-4-5-9-19(15)27-21/h4-5,8-9,12-13H,6-7,10-11H2,1-3H3,(H,22,24).